The highest BCUT2D eigenvalue weighted by molar-refractivity contribution is 6.18. The van der Waals surface area contributed by atoms with Gasteiger partial charge in [-0.15, -0.1) is 11.6 Å². The largest absolute Gasteiger partial charge is 0.344 e. The molecule has 1 aromatic rings. The van der Waals surface area contributed by atoms with E-state index in [2.05, 4.69) is 19.9 Å². The fourth-order valence-electron chi connectivity index (χ4n) is 4.51. The molecule has 0 heterocycles. The Morgan fingerprint density at radius 3 is 1.50 bits per heavy atom. The Balaban J connectivity index is 0.00000961. The average molecular weight is 466 g/mol. The lowest BCUT2D eigenvalue weighted by Gasteiger charge is -2.12. The maximum Gasteiger partial charge on any atom is 0.163 e. The quantitative estimate of drug-likeness (QED) is 0.118. The standard InChI is InChI=1S/C29H49ClO.H3N/c1-4-5-6-7-8-9-10-11-12-13-14-15-16-17-18-19-20-21-28(31)29-26(3)25(2)22-23-27(29)24-30;/h22-23H,4-21,24H2,1-3H3;1H3. The van der Waals surface area contributed by atoms with Crippen molar-refractivity contribution in [3.05, 3.63) is 34.4 Å². The van der Waals surface area contributed by atoms with E-state index in [0.717, 1.165) is 23.1 Å². The van der Waals surface area contributed by atoms with Gasteiger partial charge in [-0.05, 0) is 37.0 Å². The first kappa shape index (κ1) is 31.1. The lowest BCUT2D eigenvalue weighted by Crippen LogP contribution is -2.07. The van der Waals surface area contributed by atoms with E-state index in [1.165, 1.54) is 108 Å². The van der Waals surface area contributed by atoms with E-state index in [4.69, 9.17) is 11.6 Å². The maximum absolute atomic E-state index is 12.7. The molecule has 0 saturated heterocycles. The zero-order chi connectivity index (χ0) is 22.7. The van der Waals surface area contributed by atoms with Gasteiger partial charge in [0.15, 0.2) is 5.78 Å². The zero-order valence-electron chi connectivity index (χ0n) is 21.6. The summed E-state index contributed by atoms with van der Waals surface area (Å²) in [7, 11) is 0. The Morgan fingerprint density at radius 2 is 1.09 bits per heavy atom. The van der Waals surface area contributed by atoms with Gasteiger partial charge in [0.1, 0.15) is 0 Å². The van der Waals surface area contributed by atoms with Crippen molar-refractivity contribution in [3.63, 3.8) is 0 Å². The topological polar surface area (TPSA) is 52.1 Å². The predicted molar refractivity (Wildman–Crippen MR) is 144 cm³/mol. The van der Waals surface area contributed by atoms with Gasteiger partial charge in [-0.1, -0.05) is 122 Å². The van der Waals surface area contributed by atoms with Gasteiger partial charge >= 0.3 is 0 Å². The fourth-order valence-corrected chi connectivity index (χ4v) is 4.73. The molecule has 0 radical (unpaired) electrons. The highest BCUT2D eigenvalue weighted by Crippen LogP contribution is 2.23. The highest BCUT2D eigenvalue weighted by atomic mass is 35.5. The van der Waals surface area contributed by atoms with E-state index in [-0.39, 0.29) is 11.9 Å². The van der Waals surface area contributed by atoms with Crippen LogP contribution in [0.5, 0.6) is 0 Å². The van der Waals surface area contributed by atoms with Crippen molar-refractivity contribution in [1.82, 2.24) is 6.15 Å². The number of aryl methyl sites for hydroxylation is 1. The summed E-state index contributed by atoms with van der Waals surface area (Å²) in [6, 6.07) is 4.08. The van der Waals surface area contributed by atoms with E-state index in [1.54, 1.807) is 0 Å². The van der Waals surface area contributed by atoms with Crippen LogP contribution in [-0.4, -0.2) is 5.78 Å². The van der Waals surface area contributed by atoms with Gasteiger partial charge in [0, 0.05) is 17.9 Å². The fraction of sp³-hybridized carbons (Fsp3) is 0.759. The van der Waals surface area contributed by atoms with Gasteiger partial charge in [-0.2, -0.15) is 0 Å². The Hall–Kier alpha value is -0.860. The molecule has 0 aliphatic heterocycles. The van der Waals surface area contributed by atoms with Crippen LogP contribution in [0.25, 0.3) is 0 Å². The monoisotopic (exact) mass is 465 g/mol. The molecule has 32 heavy (non-hydrogen) atoms. The van der Waals surface area contributed by atoms with E-state index in [9.17, 15) is 4.79 Å². The summed E-state index contributed by atoms with van der Waals surface area (Å²) < 4.78 is 0. The summed E-state index contributed by atoms with van der Waals surface area (Å²) in [5.74, 6) is 0.694. The number of ketones is 1. The number of alkyl halides is 1. The zero-order valence-corrected chi connectivity index (χ0v) is 22.3. The van der Waals surface area contributed by atoms with Gasteiger partial charge in [-0.25, -0.2) is 0 Å². The lowest BCUT2D eigenvalue weighted by atomic mass is 9.93. The van der Waals surface area contributed by atoms with Gasteiger partial charge < -0.3 is 6.15 Å². The molecule has 1 aromatic carbocycles. The number of hydrogen-bond donors (Lipinski definition) is 1. The normalized spacial score (nSPS) is 10.9. The van der Waals surface area contributed by atoms with Crippen LogP contribution >= 0.6 is 11.6 Å². The molecule has 0 amide bonds. The Kier molecular flexibility index (Phi) is 20.2. The number of unbranched alkanes of at least 4 members (excludes halogenated alkanes) is 16. The summed E-state index contributed by atoms with van der Waals surface area (Å²) in [5, 5.41) is 0. The number of carbonyl (C=O) groups excluding carboxylic acids is 1. The van der Waals surface area contributed by atoms with Crippen molar-refractivity contribution < 1.29 is 4.79 Å². The lowest BCUT2D eigenvalue weighted by molar-refractivity contribution is 0.0977. The van der Waals surface area contributed by atoms with Gasteiger partial charge in [0.2, 0.25) is 0 Å². The molecule has 3 N–H and O–H groups in total. The number of Topliss-reactive ketones (excluding diaryl/α,β-unsaturated/α-hetero) is 1. The second kappa shape index (κ2) is 20.7. The van der Waals surface area contributed by atoms with Crippen LogP contribution < -0.4 is 6.15 Å². The molecule has 0 aromatic heterocycles. The maximum atomic E-state index is 12.7. The Bertz CT molecular complexity index is 599. The van der Waals surface area contributed by atoms with Crippen LogP contribution in [0.3, 0.4) is 0 Å². The SMILES string of the molecule is CCCCCCCCCCCCCCCCCCCC(=O)c1c(CCl)ccc(C)c1C.N. The molecule has 0 unspecified atom stereocenters. The van der Waals surface area contributed by atoms with Gasteiger partial charge in [0.05, 0.1) is 0 Å². The summed E-state index contributed by atoms with van der Waals surface area (Å²) >= 11 is 6.06. The Labute approximate surface area is 204 Å². The molecular formula is C29H52ClNO. The molecule has 186 valence electrons. The molecule has 0 atom stereocenters. The number of benzene rings is 1. The molecule has 0 bridgehead atoms. The summed E-state index contributed by atoms with van der Waals surface area (Å²) in [4.78, 5) is 12.7. The summed E-state index contributed by atoms with van der Waals surface area (Å²) in [6.07, 6.45) is 23.9. The second-order valence-electron chi connectivity index (χ2n) is 9.51. The molecule has 2 nitrogen and oxygen atoms in total. The molecule has 0 aliphatic rings. The summed E-state index contributed by atoms with van der Waals surface area (Å²) in [5.41, 5.74) is 4.16. The Morgan fingerprint density at radius 1 is 0.688 bits per heavy atom. The minimum absolute atomic E-state index is 0. The third-order valence-electron chi connectivity index (χ3n) is 6.75. The van der Waals surface area contributed by atoms with Crippen molar-refractivity contribution in [2.75, 3.05) is 0 Å². The smallest absolute Gasteiger partial charge is 0.163 e. The third-order valence-corrected chi connectivity index (χ3v) is 7.04. The highest BCUT2D eigenvalue weighted by Gasteiger charge is 2.15. The van der Waals surface area contributed by atoms with E-state index >= 15 is 0 Å². The third kappa shape index (κ3) is 13.6. The van der Waals surface area contributed by atoms with Crippen molar-refractivity contribution in [1.29, 1.82) is 0 Å². The first-order valence-electron chi connectivity index (χ1n) is 13.3. The van der Waals surface area contributed by atoms with Crippen LogP contribution in [0.1, 0.15) is 150 Å². The van der Waals surface area contributed by atoms with Gasteiger partial charge in [0.25, 0.3) is 0 Å². The summed E-state index contributed by atoms with van der Waals surface area (Å²) in [6.45, 7) is 6.40. The number of carbonyl (C=O) groups is 1. The average Bonchev–Trinajstić information content (AvgIpc) is 2.77. The molecular weight excluding hydrogens is 414 g/mol. The minimum atomic E-state index is 0. The van der Waals surface area contributed by atoms with Crippen LogP contribution in [0.4, 0.5) is 0 Å². The van der Waals surface area contributed by atoms with E-state index in [1.807, 2.05) is 13.0 Å². The molecule has 1 rings (SSSR count). The van der Waals surface area contributed by atoms with Gasteiger partial charge in [-0.3, -0.25) is 4.79 Å². The van der Waals surface area contributed by atoms with Crippen LogP contribution in [-0.2, 0) is 5.88 Å². The van der Waals surface area contributed by atoms with Crippen molar-refractivity contribution >= 4 is 17.4 Å². The predicted octanol–water partition coefficient (Wildman–Crippen LogP) is 10.4. The first-order chi connectivity index (χ1) is 15.1. The molecule has 3 heteroatoms. The number of hydrogen-bond acceptors (Lipinski definition) is 2. The molecule has 0 spiro atoms. The number of rotatable bonds is 20. The van der Waals surface area contributed by atoms with E-state index < -0.39 is 0 Å². The van der Waals surface area contributed by atoms with Crippen LogP contribution in [0.15, 0.2) is 12.1 Å². The van der Waals surface area contributed by atoms with Crippen molar-refractivity contribution in [3.8, 4) is 0 Å². The molecule has 0 aliphatic carbocycles. The minimum Gasteiger partial charge on any atom is -0.344 e. The molecule has 0 saturated carbocycles. The number of halogens is 1. The van der Waals surface area contributed by atoms with E-state index in [0.29, 0.717) is 12.3 Å². The van der Waals surface area contributed by atoms with Crippen molar-refractivity contribution in [2.24, 2.45) is 0 Å². The first-order valence-corrected chi connectivity index (χ1v) is 13.8. The van der Waals surface area contributed by atoms with Crippen LogP contribution in [0, 0.1) is 13.8 Å². The second-order valence-corrected chi connectivity index (χ2v) is 9.77. The molecule has 0 fully saturated rings. The van der Waals surface area contributed by atoms with Crippen molar-refractivity contribution in [2.45, 2.75) is 142 Å². The van der Waals surface area contributed by atoms with Crippen LogP contribution in [0.2, 0.25) is 0 Å².